The quantitative estimate of drug-likeness (QED) is 0.706. The van der Waals surface area contributed by atoms with Crippen molar-refractivity contribution in [2.24, 2.45) is 4.99 Å². The van der Waals surface area contributed by atoms with Crippen LogP contribution in [0, 0.1) is 0 Å². The van der Waals surface area contributed by atoms with Gasteiger partial charge in [-0.2, -0.15) is 0 Å². The van der Waals surface area contributed by atoms with Gasteiger partial charge in [-0.25, -0.2) is 0 Å². The average Bonchev–Trinajstić information content (AvgIpc) is 3.39. The first-order chi connectivity index (χ1) is 14.0. The van der Waals surface area contributed by atoms with E-state index in [1.54, 1.807) is 0 Å². The Kier molecular flexibility index (Phi) is 4.33. The molecule has 3 heterocycles. The molecule has 0 aliphatic carbocycles. The van der Waals surface area contributed by atoms with E-state index in [1.165, 1.54) is 17.7 Å². The monoisotopic (exact) mass is 452 g/mol. The number of nitrogens with one attached hydrogen (secondary N) is 1. The molecule has 2 bridgehead atoms. The molecule has 0 saturated carbocycles. The Morgan fingerprint density at radius 3 is 2.72 bits per heavy atom. The number of hydrogen-bond donors (Lipinski definition) is 1. The summed E-state index contributed by atoms with van der Waals surface area (Å²) in [6.45, 7) is 6.51. The third kappa shape index (κ3) is 2.69. The van der Waals surface area contributed by atoms with E-state index in [0.29, 0.717) is 17.6 Å². The second-order valence-electron chi connectivity index (χ2n) is 8.65. The van der Waals surface area contributed by atoms with E-state index in [2.05, 4.69) is 68.1 Å². The van der Waals surface area contributed by atoms with Crippen molar-refractivity contribution < 1.29 is 4.79 Å². The first-order valence-corrected chi connectivity index (χ1v) is 10.9. The van der Waals surface area contributed by atoms with E-state index in [-0.39, 0.29) is 5.41 Å². The summed E-state index contributed by atoms with van der Waals surface area (Å²) in [6.07, 6.45) is 2.14. The molecule has 29 heavy (non-hydrogen) atoms. The Hall–Kier alpha value is -2.18. The van der Waals surface area contributed by atoms with E-state index < -0.39 is 0 Å². The summed E-state index contributed by atoms with van der Waals surface area (Å²) in [6, 6.07) is 13.8. The smallest absolute Gasteiger partial charge is 0.153 e. The normalized spacial score (nSPS) is 25.7. The minimum atomic E-state index is -0.239. The van der Waals surface area contributed by atoms with Crippen LogP contribution in [0.25, 0.3) is 0 Å². The number of benzene rings is 2. The van der Waals surface area contributed by atoms with Gasteiger partial charge in [-0.05, 0) is 66.0 Å². The molecule has 150 valence electrons. The third-order valence-electron chi connectivity index (χ3n) is 6.66. The molecule has 2 aromatic rings. The number of carbonyl (C=O) groups excluding carboxylic acids is 1. The Morgan fingerprint density at radius 2 is 2.07 bits per heavy atom. The Bertz CT molecular complexity index is 1030. The summed E-state index contributed by atoms with van der Waals surface area (Å²) in [5.41, 5.74) is 4.87. The van der Waals surface area contributed by atoms with E-state index in [1.807, 2.05) is 25.2 Å². The average molecular weight is 453 g/mol. The van der Waals surface area contributed by atoms with Crippen LogP contribution in [-0.2, 0) is 5.41 Å². The maximum Gasteiger partial charge on any atom is 0.153 e. The summed E-state index contributed by atoms with van der Waals surface area (Å²) in [4.78, 5) is 21.3. The lowest BCUT2D eigenvalue weighted by molar-refractivity contribution is 0.112. The Morgan fingerprint density at radius 1 is 1.24 bits per heavy atom. The van der Waals surface area contributed by atoms with Crippen LogP contribution in [-0.4, -0.2) is 44.3 Å². The largest absolute Gasteiger partial charge is 0.366 e. The number of aldehydes is 1. The van der Waals surface area contributed by atoms with Gasteiger partial charge in [-0.1, -0.05) is 12.1 Å². The minimum Gasteiger partial charge on any atom is -0.366 e. The van der Waals surface area contributed by atoms with Crippen LogP contribution in [0.5, 0.6) is 0 Å². The van der Waals surface area contributed by atoms with Crippen molar-refractivity contribution >= 4 is 45.1 Å². The molecule has 0 spiro atoms. The first kappa shape index (κ1) is 18.8. The molecule has 0 aromatic heterocycles. The van der Waals surface area contributed by atoms with Crippen molar-refractivity contribution in [3.05, 3.63) is 52.0 Å². The van der Waals surface area contributed by atoms with E-state index >= 15 is 0 Å². The van der Waals surface area contributed by atoms with Gasteiger partial charge in [0.15, 0.2) is 6.29 Å². The summed E-state index contributed by atoms with van der Waals surface area (Å²) in [7, 11) is 1.83. The number of fused-ring (bicyclic) bond motifs is 3. The maximum atomic E-state index is 11.9. The van der Waals surface area contributed by atoms with Gasteiger partial charge in [0.1, 0.15) is 5.84 Å². The van der Waals surface area contributed by atoms with Crippen LogP contribution in [0.4, 0.5) is 17.1 Å². The Labute approximate surface area is 179 Å². The lowest BCUT2D eigenvalue weighted by atomic mass is 9.85. The van der Waals surface area contributed by atoms with Crippen molar-refractivity contribution in [2.45, 2.75) is 37.8 Å². The van der Waals surface area contributed by atoms with Crippen LogP contribution in [0.1, 0.15) is 36.2 Å². The highest BCUT2D eigenvalue weighted by atomic mass is 79.9. The van der Waals surface area contributed by atoms with Gasteiger partial charge in [0.25, 0.3) is 0 Å². The molecule has 0 amide bonds. The summed E-state index contributed by atoms with van der Waals surface area (Å²) in [5, 5.41) is 3.58. The molecule has 2 fully saturated rings. The lowest BCUT2D eigenvalue weighted by Gasteiger charge is -2.30. The van der Waals surface area contributed by atoms with Crippen LogP contribution < -0.4 is 15.1 Å². The second-order valence-corrected chi connectivity index (χ2v) is 9.50. The molecule has 2 unspecified atom stereocenters. The van der Waals surface area contributed by atoms with Gasteiger partial charge in [-0.15, -0.1) is 0 Å². The first-order valence-electron chi connectivity index (χ1n) is 10.1. The zero-order chi connectivity index (χ0) is 20.3. The van der Waals surface area contributed by atoms with Crippen molar-refractivity contribution in [3.63, 3.8) is 0 Å². The third-order valence-corrected chi connectivity index (χ3v) is 7.35. The molecule has 5 rings (SSSR count). The molecule has 3 aliphatic heterocycles. The van der Waals surface area contributed by atoms with Crippen LogP contribution >= 0.6 is 15.9 Å². The number of rotatable bonds is 3. The van der Waals surface area contributed by atoms with Gasteiger partial charge < -0.3 is 10.2 Å². The summed E-state index contributed by atoms with van der Waals surface area (Å²) >= 11 is 3.54. The number of anilines is 3. The second kappa shape index (κ2) is 6.67. The number of carbonyl (C=O) groups is 1. The highest BCUT2D eigenvalue weighted by molar-refractivity contribution is 9.10. The fraction of sp³-hybridized carbons (Fsp3) is 0.391. The van der Waals surface area contributed by atoms with Crippen LogP contribution in [0.3, 0.4) is 0 Å². The number of halogens is 1. The topological polar surface area (TPSA) is 47.9 Å². The van der Waals surface area contributed by atoms with Gasteiger partial charge in [0, 0.05) is 47.8 Å². The van der Waals surface area contributed by atoms with E-state index in [0.717, 1.165) is 41.1 Å². The Balaban J connectivity index is 1.68. The predicted molar refractivity (Wildman–Crippen MR) is 122 cm³/mol. The molecule has 6 heteroatoms. The minimum absolute atomic E-state index is 0.239. The van der Waals surface area contributed by atoms with Gasteiger partial charge in [0.05, 0.1) is 16.9 Å². The maximum absolute atomic E-state index is 11.9. The molecule has 0 radical (unpaired) electrons. The highest BCUT2D eigenvalue weighted by Crippen LogP contribution is 2.49. The molecular formula is C23H25BrN4O. The zero-order valence-corrected chi connectivity index (χ0v) is 18.5. The molecule has 3 aliphatic rings. The predicted octanol–water partition coefficient (Wildman–Crippen LogP) is 4.27. The molecule has 1 N–H and O–H groups in total. The van der Waals surface area contributed by atoms with Gasteiger partial charge >= 0.3 is 0 Å². The van der Waals surface area contributed by atoms with Gasteiger partial charge in [-0.3, -0.25) is 14.7 Å². The van der Waals surface area contributed by atoms with Crippen molar-refractivity contribution in [1.29, 1.82) is 0 Å². The number of amidine groups is 1. The molecular weight excluding hydrogens is 428 g/mol. The fourth-order valence-electron chi connectivity index (χ4n) is 5.26. The summed E-state index contributed by atoms with van der Waals surface area (Å²) in [5.74, 6) is 0.954. The molecule has 2 atom stereocenters. The van der Waals surface area contributed by atoms with E-state index in [4.69, 9.17) is 0 Å². The van der Waals surface area contributed by atoms with Crippen molar-refractivity contribution in [2.75, 3.05) is 29.9 Å². The zero-order valence-electron chi connectivity index (χ0n) is 16.9. The summed E-state index contributed by atoms with van der Waals surface area (Å²) < 4.78 is 0.797. The molecule has 2 saturated heterocycles. The highest BCUT2D eigenvalue weighted by Gasteiger charge is 2.44. The van der Waals surface area contributed by atoms with Crippen LogP contribution in [0.15, 0.2) is 45.9 Å². The van der Waals surface area contributed by atoms with Crippen LogP contribution in [0.2, 0.25) is 0 Å². The number of hydrogen-bond acceptors (Lipinski definition) is 4. The molecule has 5 nitrogen and oxygen atoms in total. The number of piperazine rings is 1. The number of aliphatic imine (C=N–C) groups is 1. The van der Waals surface area contributed by atoms with E-state index in [9.17, 15) is 4.79 Å². The standard InChI is InChI=1S/C23H25BrN4O/c1-23(2)18-8-7-15(27-12-14-9-16(27)11-26-14)10-21(18)28(22(23)25-3)20-6-4-5-19(24)17(20)13-29/h4-8,10,13-14,16,26H,9,11-12H2,1-3H3. The van der Waals surface area contributed by atoms with Gasteiger partial charge in [0.2, 0.25) is 0 Å². The van der Waals surface area contributed by atoms with Crippen molar-refractivity contribution in [1.82, 2.24) is 5.32 Å². The van der Waals surface area contributed by atoms with Crippen molar-refractivity contribution in [3.8, 4) is 0 Å². The fourth-order valence-corrected chi connectivity index (χ4v) is 5.71. The lowest BCUT2D eigenvalue weighted by Crippen LogP contribution is -2.43. The molecule has 2 aromatic carbocycles. The SMILES string of the molecule is CN=C1N(c2cccc(Br)c2C=O)c2cc(N3CC4CC3CN4)ccc2C1(C)C. The number of nitrogens with zero attached hydrogens (tertiary/aromatic N) is 3.